The molecule has 0 amide bonds. The van der Waals surface area contributed by atoms with Gasteiger partial charge in [-0.25, -0.2) is 0 Å². The standard InChI is InChI=1S/C22H30O2.C3H6O2/c1-13-11-16-18-6-5-17(14(2)23)21(18,3)10-8-19(16)22(4)9-7-15(24)12-20(13)22;1-3(4)5-2/h11-12,16-19H,5-10H2,1-4H3;1-2H3/t16-,17?,18-,19-,21+,22+;/m0./s1. The predicted molar refractivity (Wildman–Crippen MR) is 113 cm³/mol. The number of fused-ring (bicyclic) bond motifs is 5. The lowest BCUT2D eigenvalue weighted by molar-refractivity contribution is -0.138. The number of methoxy groups -OCH3 is 1. The number of carbonyl (C=O) groups is 3. The fraction of sp³-hybridized carbons (Fsp3) is 0.720. The molecule has 4 aliphatic carbocycles. The van der Waals surface area contributed by atoms with Gasteiger partial charge in [-0.2, -0.15) is 0 Å². The number of ether oxygens (including phenoxy) is 1. The van der Waals surface area contributed by atoms with Gasteiger partial charge in [0.25, 0.3) is 0 Å². The van der Waals surface area contributed by atoms with E-state index in [2.05, 4.69) is 31.6 Å². The van der Waals surface area contributed by atoms with Gasteiger partial charge in [0.2, 0.25) is 0 Å². The van der Waals surface area contributed by atoms with Crippen molar-refractivity contribution in [3.05, 3.63) is 23.3 Å². The maximum absolute atomic E-state index is 12.2. The highest BCUT2D eigenvalue weighted by Gasteiger charge is 2.59. The third-order valence-corrected chi connectivity index (χ3v) is 8.61. The van der Waals surface area contributed by atoms with Crippen LogP contribution in [0.1, 0.15) is 73.1 Å². The third-order valence-electron chi connectivity index (χ3n) is 8.61. The molecule has 0 aromatic carbocycles. The van der Waals surface area contributed by atoms with Gasteiger partial charge in [-0.3, -0.25) is 14.4 Å². The van der Waals surface area contributed by atoms with E-state index < -0.39 is 0 Å². The molecule has 0 bridgehead atoms. The second-order valence-electron chi connectivity index (χ2n) is 10.1. The maximum atomic E-state index is 12.2. The number of rotatable bonds is 1. The predicted octanol–water partition coefficient (Wildman–Crippen LogP) is 5.07. The normalized spacial score (nSPS) is 40.3. The zero-order chi connectivity index (χ0) is 21.6. The van der Waals surface area contributed by atoms with Crippen molar-refractivity contribution >= 4 is 17.5 Å². The average molecular weight is 401 g/mol. The largest absolute Gasteiger partial charge is 0.469 e. The number of carbonyl (C=O) groups excluding carboxylic acids is 3. The summed E-state index contributed by atoms with van der Waals surface area (Å²) in [6.07, 6.45) is 10.8. The van der Waals surface area contributed by atoms with Crippen molar-refractivity contribution in [3.8, 4) is 0 Å². The van der Waals surface area contributed by atoms with E-state index in [9.17, 15) is 14.4 Å². The van der Waals surface area contributed by atoms with Crippen molar-refractivity contribution < 1.29 is 19.1 Å². The van der Waals surface area contributed by atoms with Gasteiger partial charge in [0.1, 0.15) is 5.78 Å². The molecule has 0 aromatic rings. The number of esters is 1. The van der Waals surface area contributed by atoms with E-state index >= 15 is 0 Å². The first-order valence-corrected chi connectivity index (χ1v) is 11.0. The number of Topliss-reactive ketones (excluding diaryl/α,β-unsaturated/α-hetero) is 1. The van der Waals surface area contributed by atoms with E-state index in [0.29, 0.717) is 35.7 Å². The summed E-state index contributed by atoms with van der Waals surface area (Å²) in [5.74, 6) is 2.57. The van der Waals surface area contributed by atoms with Crippen LogP contribution in [0.5, 0.6) is 0 Å². The van der Waals surface area contributed by atoms with Crippen LogP contribution in [-0.4, -0.2) is 24.6 Å². The monoisotopic (exact) mass is 400 g/mol. The van der Waals surface area contributed by atoms with Gasteiger partial charge >= 0.3 is 5.97 Å². The Morgan fingerprint density at radius 2 is 1.72 bits per heavy atom. The Morgan fingerprint density at radius 3 is 2.31 bits per heavy atom. The SMILES string of the molecule is CC(=O)C1CC[C@H]2[C@@H]3C=C(C)C4=CC(=O)CC[C@]4(C)[C@H]3CC[C@]12C.COC(C)=O. The molecule has 4 aliphatic rings. The van der Waals surface area contributed by atoms with E-state index in [1.54, 1.807) is 6.92 Å². The molecule has 29 heavy (non-hydrogen) atoms. The molecule has 0 aliphatic heterocycles. The molecule has 4 heteroatoms. The van der Waals surface area contributed by atoms with Crippen LogP contribution in [0.4, 0.5) is 0 Å². The molecule has 0 spiro atoms. The number of hydrogen-bond acceptors (Lipinski definition) is 4. The van der Waals surface area contributed by atoms with E-state index in [1.807, 2.05) is 6.08 Å². The van der Waals surface area contributed by atoms with Gasteiger partial charge in [-0.15, -0.1) is 0 Å². The van der Waals surface area contributed by atoms with Crippen molar-refractivity contribution in [2.24, 2.45) is 34.5 Å². The van der Waals surface area contributed by atoms with Crippen LogP contribution in [0.15, 0.2) is 23.3 Å². The summed E-state index contributed by atoms with van der Waals surface area (Å²) >= 11 is 0. The van der Waals surface area contributed by atoms with Crippen molar-refractivity contribution in [3.63, 3.8) is 0 Å². The highest BCUT2D eigenvalue weighted by molar-refractivity contribution is 5.92. The molecule has 2 fully saturated rings. The molecule has 4 nitrogen and oxygen atoms in total. The molecule has 0 radical (unpaired) electrons. The molecule has 2 saturated carbocycles. The molecule has 4 rings (SSSR count). The van der Waals surface area contributed by atoms with E-state index in [1.165, 1.54) is 44.4 Å². The molecular weight excluding hydrogens is 364 g/mol. The Morgan fingerprint density at radius 1 is 1.07 bits per heavy atom. The first-order valence-electron chi connectivity index (χ1n) is 11.0. The number of allylic oxidation sites excluding steroid dienone is 4. The minimum absolute atomic E-state index is 0.160. The van der Waals surface area contributed by atoms with Crippen LogP contribution in [0.2, 0.25) is 0 Å². The summed E-state index contributed by atoms with van der Waals surface area (Å²) in [5.41, 5.74) is 2.98. The van der Waals surface area contributed by atoms with Crippen LogP contribution in [0.3, 0.4) is 0 Å². The van der Waals surface area contributed by atoms with Crippen molar-refractivity contribution in [2.75, 3.05) is 7.11 Å². The molecule has 0 saturated heterocycles. The van der Waals surface area contributed by atoms with Gasteiger partial charge in [-0.05, 0) is 86.2 Å². The quantitative estimate of drug-likeness (QED) is 0.577. The summed E-state index contributed by atoms with van der Waals surface area (Å²) in [5, 5.41) is 0. The fourth-order valence-corrected chi connectivity index (χ4v) is 7.08. The van der Waals surface area contributed by atoms with Gasteiger partial charge < -0.3 is 4.74 Å². The molecule has 0 heterocycles. The molecule has 0 N–H and O–H groups in total. The highest BCUT2D eigenvalue weighted by Crippen LogP contribution is 2.66. The summed E-state index contributed by atoms with van der Waals surface area (Å²) in [4.78, 5) is 33.8. The van der Waals surface area contributed by atoms with Crippen molar-refractivity contribution in [1.29, 1.82) is 0 Å². The van der Waals surface area contributed by atoms with Gasteiger partial charge in [0, 0.05) is 19.3 Å². The maximum Gasteiger partial charge on any atom is 0.302 e. The lowest BCUT2D eigenvalue weighted by Crippen LogP contribution is -2.50. The molecule has 160 valence electrons. The van der Waals surface area contributed by atoms with Gasteiger partial charge in [0.15, 0.2) is 5.78 Å². The zero-order valence-electron chi connectivity index (χ0n) is 18.8. The second-order valence-corrected chi connectivity index (χ2v) is 10.1. The van der Waals surface area contributed by atoms with Crippen molar-refractivity contribution in [2.45, 2.75) is 73.1 Å². The van der Waals surface area contributed by atoms with Crippen LogP contribution in [0.25, 0.3) is 0 Å². The van der Waals surface area contributed by atoms with E-state index in [0.717, 1.165) is 12.8 Å². The van der Waals surface area contributed by atoms with Crippen LogP contribution in [0, 0.1) is 34.5 Å². The smallest absolute Gasteiger partial charge is 0.302 e. The minimum atomic E-state index is -0.245. The average Bonchev–Trinajstić information content (AvgIpc) is 3.01. The second kappa shape index (κ2) is 7.85. The Labute approximate surface area is 175 Å². The number of ketones is 2. The van der Waals surface area contributed by atoms with Crippen LogP contribution in [-0.2, 0) is 19.1 Å². The minimum Gasteiger partial charge on any atom is -0.469 e. The lowest BCUT2D eigenvalue weighted by atomic mass is 9.47. The highest BCUT2D eigenvalue weighted by atomic mass is 16.5. The first kappa shape index (κ1) is 22.0. The van der Waals surface area contributed by atoms with Gasteiger partial charge in [0.05, 0.1) is 7.11 Å². The van der Waals surface area contributed by atoms with Crippen LogP contribution >= 0.6 is 0 Å². The topological polar surface area (TPSA) is 60.4 Å². The van der Waals surface area contributed by atoms with Crippen molar-refractivity contribution in [1.82, 2.24) is 0 Å². The van der Waals surface area contributed by atoms with Crippen LogP contribution < -0.4 is 0 Å². The Kier molecular flexibility index (Phi) is 5.95. The summed E-state index contributed by atoms with van der Waals surface area (Å²) in [6.45, 7) is 10.1. The Bertz CT molecular complexity index is 776. The first-order chi connectivity index (χ1) is 13.5. The number of hydrogen-bond donors (Lipinski definition) is 0. The summed E-state index contributed by atoms with van der Waals surface area (Å²) in [7, 11) is 1.35. The van der Waals surface area contributed by atoms with E-state index in [-0.39, 0.29) is 22.7 Å². The third kappa shape index (κ3) is 3.64. The molecular formula is C25H36O4. The summed E-state index contributed by atoms with van der Waals surface area (Å²) < 4.78 is 4.11. The Hall–Kier alpha value is -1.71. The fourth-order valence-electron chi connectivity index (χ4n) is 7.08. The molecule has 0 aromatic heterocycles. The van der Waals surface area contributed by atoms with Gasteiger partial charge in [-0.1, -0.05) is 25.5 Å². The van der Waals surface area contributed by atoms with E-state index in [4.69, 9.17) is 0 Å². The molecule has 1 unspecified atom stereocenters. The molecule has 6 atom stereocenters. The summed E-state index contributed by atoms with van der Waals surface area (Å²) in [6, 6.07) is 0. The lowest BCUT2D eigenvalue weighted by Gasteiger charge is -2.56. The Balaban J connectivity index is 0.000000431. The zero-order valence-corrected chi connectivity index (χ0v) is 18.8.